The van der Waals surface area contributed by atoms with Gasteiger partial charge in [0.05, 0.1) is 23.8 Å². The maximum atomic E-state index is 14.8. The van der Waals surface area contributed by atoms with Crippen LogP contribution >= 0.6 is 34.2 Å². The van der Waals surface area contributed by atoms with E-state index >= 15 is 0 Å². The Bertz CT molecular complexity index is 1360. The predicted octanol–water partition coefficient (Wildman–Crippen LogP) is 3.64. The molecule has 0 radical (unpaired) electrons. The van der Waals surface area contributed by atoms with Gasteiger partial charge in [-0.3, -0.25) is 0 Å². The first-order chi connectivity index (χ1) is 18.7. The van der Waals surface area contributed by atoms with E-state index in [0.29, 0.717) is 17.7 Å². The van der Waals surface area contributed by atoms with E-state index in [2.05, 4.69) is 47.8 Å². The van der Waals surface area contributed by atoms with Crippen LogP contribution in [0.3, 0.4) is 0 Å². The number of H-pyrrole nitrogens is 1. The fourth-order valence-corrected chi connectivity index (χ4v) is 6.47. The smallest absolute Gasteiger partial charge is 0.296 e. The summed E-state index contributed by atoms with van der Waals surface area (Å²) >= 11 is 8.49. The number of ether oxygens (including phenoxy) is 4. The number of nitrogens with zero attached hydrogens (tertiary/aromatic N) is 3. The molecule has 39 heavy (non-hydrogen) atoms. The van der Waals surface area contributed by atoms with E-state index < -0.39 is 33.6 Å². The van der Waals surface area contributed by atoms with Crippen molar-refractivity contribution in [2.45, 2.75) is 47.4 Å². The second-order valence-electron chi connectivity index (χ2n) is 10.0. The fraction of sp³-hybridized carbons (Fsp3) is 0.520. The Balaban J connectivity index is 1.14. The molecule has 0 amide bonds. The van der Waals surface area contributed by atoms with Gasteiger partial charge in [-0.2, -0.15) is 4.98 Å². The van der Waals surface area contributed by atoms with Gasteiger partial charge in [0.2, 0.25) is 0 Å². The summed E-state index contributed by atoms with van der Waals surface area (Å²) < 4.78 is 52.1. The van der Waals surface area contributed by atoms with Crippen LogP contribution < -0.4 is 14.8 Å². The molecule has 5 atom stereocenters. The average molecular weight is 678 g/mol. The molecule has 0 spiro atoms. The molecule has 1 aromatic carbocycles. The van der Waals surface area contributed by atoms with Gasteiger partial charge < -0.3 is 39.3 Å². The molecule has 1 unspecified atom stereocenters. The van der Waals surface area contributed by atoms with E-state index in [1.165, 1.54) is 12.1 Å². The van der Waals surface area contributed by atoms with E-state index in [1.54, 1.807) is 6.07 Å². The summed E-state index contributed by atoms with van der Waals surface area (Å²) in [7, 11) is 1.99. The van der Waals surface area contributed by atoms with E-state index in [4.69, 9.17) is 30.5 Å². The highest BCUT2D eigenvalue weighted by molar-refractivity contribution is 14.1. The van der Waals surface area contributed by atoms with Crippen molar-refractivity contribution in [1.82, 2.24) is 19.9 Å². The molecule has 10 nitrogen and oxygen atoms in total. The van der Waals surface area contributed by atoms with Crippen LogP contribution in [-0.2, 0) is 16.0 Å². The van der Waals surface area contributed by atoms with Crippen LogP contribution in [-0.4, -0.2) is 86.3 Å². The predicted molar refractivity (Wildman–Crippen MR) is 147 cm³/mol. The van der Waals surface area contributed by atoms with Crippen molar-refractivity contribution in [3.63, 3.8) is 0 Å². The number of anilines is 1. The molecule has 14 heteroatoms. The maximum absolute atomic E-state index is 14.8. The Morgan fingerprint density at radius 3 is 2.82 bits per heavy atom. The second kappa shape index (κ2) is 10.7. The van der Waals surface area contributed by atoms with Crippen molar-refractivity contribution >= 4 is 51.2 Å². The normalized spacial score (nSPS) is 29.1. The Morgan fingerprint density at radius 2 is 2.05 bits per heavy atom. The lowest BCUT2D eigenvalue weighted by Crippen LogP contribution is -2.44. The Morgan fingerprint density at radius 1 is 1.26 bits per heavy atom. The number of halogens is 4. The summed E-state index contributed by atoms with van der Waals surface area (Å²) in [5.74, 6) is -1.07. The van der Waals surface area contributed by atoms with Crippen molar-refractivity contribution in [1.29, 1.82) is 0 Å². The highest BCUT2D eigenvalue weighted by Crippen LogP contribution is 2.44. The molecule has 6 rings (SSSR count). The van der Waals surface area contributed by atoms with E-state index in [0.717, 1.165) is 19.4 Å². The average Bonchev–Trinajstić information content (AvgIpc) is 3.51. The number of likely N-dealkylation sites (N-methyl/N-ethyl adjacent to an activating group) is 1. The summed E-state index contributed by atoms with van der Waals surface area (Å²) in [5, 5.41) is 13.2. The summed E-state index contributed by atoms with van der Waals surface area (Å²) in [5.41, 5.74) is 0.650. The third kappa shape index (κ3) is 5.36. The number of aromatic amines is 1. The minimum absolute atomic E-state index is 0.105. The third-order valence-electron chi connectivity index (χ3n) is 7.17. The second-order valence-corrected chi connectivity index (χ2v) is 12.1. The molecule has 3 aliphatic rings. The molecular formula is C25H27ClF2IN5O5. The minimum atomic E-state index is -0.838. The number of benzene rings is 1. The lowest BCUT2D eigenvalue weighted by Gasteiger charge is -2.30. The maximum Gasteiger partial charge on any atom is 0.296 e. The molecule has 3 saturated heterocycles. The standard InChI is InChI=1S/C25H27ClF2IN5O5/c1-34-4-2-3-12(9-34)38-13-5-16(27)14(17(28)6-13)8-30-22-15(26)7-18-23(32-22)33-24(31-18)39-20-11-36-21-19(35)10-37-25(20,21)29/h5-7,12,19-21,35H,2-4,8-11H2,1H3,(H2,30,31,32,33)/t12?,19-,20-,21-,25-/m1/s1. The van der Waals surface area contributed by atoms with Gasteiger partial charge in [-0.05, 0) is 55.1 Å². The number of aromatic nitrogens is 3. The molecule has 3 aliphatic heterocycles. The van der Waals surface area contributed by atoms with E-state index in [9.17, 15) is 13.9 Å². The summed E-state index contributed by atoms with van der Waals surface area (Å²) in [4.78, 5) is 13.9. The number of nitrogens with one attached hydrogen (secondary N) is 2. The van der Waals surface area contributed by atoms with Crippen molar-refractivity contribution < 1.29 is 32.8 Å². The lowest BCUT2D eigenvalue weighted by molar-refractivity contribution is 0.00481. The monoisotopic (exact) mass is 677 g/mol. The van der Waals surface area contributed by atoms with Gasteiger partial charge in [0.15, 0.2) is 15.4 Å². The highest BCUT2D eigenvalue weighted by Gasteiger charge is 2.60. The number of hydrogen-bond donors (Lipinski definition) is 3. The third-order valence-corrected chi connectivity index (χ3v) is 9.08. The van der Waals surface area contributed by atoms with Crippen LogP contribution in [0.15, 0.2) is 18.2 Å². The SMILES string of the molecule is CN1CCCC(Oc2cc(F)c(CNc3nc4nc(O[C@@H]5CO[C@@H]6[C@H](O)CO[C@@]65I)[nH]c4cc3Cl)c(F)c2)C1. The molecule has 0 aliphatic carbocycles. The minimum Gasteiger partial charge on any atom is -0.489 e. The number of hydrogen-bond acceptors (Lipinski definition) is 9. The number of fused-ring (bicyclic) bond motifs is 2. The van der Waals surface area contributed by atoms with Crippen molar-refractivity contribution in [2.75, 3.05) is 38.7 Å². The van der Waals surface area contributed by atoms with Gasteiger partial charge in [-0.1, -0.05) is 11.6 Å². The number of aliphatic hydroxyl groups excluding tert-OH is 1. The van der Waals surface area contributed by atoms with Crippen LogP contribution in [0, 0.1) is 11.6 Å². The zero-order valence-corrected chi connectivity index (χ0v) is 23.8. The number of aliphatic hydroxyl groups is 1. The van der Waals surface area contributed by atoms with Gasteiger partial charge in [0.25, 0.3) is 6.01 Å². The number of imidazole rings is 1. The molecule has 0 bridgehead atoms. The van der Waals surface area contributed by atoms with E-state index in [-0.39, 0.29) is 54.0 Å². The van der Waals surface area contributed by atoms with Crippen LogP contribution in [0.2, 0.25) is 5.02 Å². The number of likely N-dealkylation sites (tertiary alicyclic amines) is 1. The number of rotatable bonds is 7. The van der Waals surface area contributed by atoms with Crippen molar-refractivity contribution in [2.24, 2.45) is 0 Å². The first-order valence-electron chi connectivity index (χ1n) is 12.6. The van der Waals surface area contributed by atoms with Crippen molar-refractivity contribution in [3.05, 3.63) is 40.4 Å². The van der Waals surface area contributed by atoms with Gasteiger partial charge in [0, 0.05) is 30.8 Å². The fourth-order valence-electron chi connectivity index (χ4n) is 5.17. The Kier molecular flexibility index (Phi) is 7.48. The number of pyridine rings is 1. The number of alkyl halides is 1. The van der Waals surface area contributed by atoms with Gasteiger partial charge in [0.1, 0.15) is 41.5 Å². The molecule has 0 saturated carbocycles. The topological polar surface area (TPSA) is 114 Å². The van der Waals surface area contributed by atoms with Crippen LogP contribution in [0.4, 0.5) is 14.6 Å². The largest absolute Gasteiger partial charge is 0.489 e. The molecule has 3 aromatic rings. The zero-order chi connectivity index (χ0) is 27.3. The summed E-state index contributed by atoms with van der Waals surface area (Å²) in [6.07, 6.45) is -0.0158. The molecular weight excluding hydrogens is 651 g/mol. The van der Waals surface area contributed by atoms with Gasteiger partial charge >= 0.3 is 0 Å². The zero-order valence-electron chi connectivity index (χ0n) is 20.9. The van der Waals surface area contributed by atoms with Crippen molar-refractivity contribution in [3.8, 4) is 11.8 Å². The van der Waals surface area contributed by atoms with Crippen LogP contribution in [0.5, 0.6) is 11.8 Å². The highest BCUT2D eigenvalue weighted by atomic mass is 127. The van der Waals surface area contributed by atoms with Crippen LogP contribution in [0.1, 0.15) is 18.4 Å². The summed E-state index contributed by atoms with van der Waals surface area (Å²) in [6.45, 7) is 1.89. The molecule has 210 valence electrons. The lowest BCUT2D eigenvalue weighted by atomic mass is 10.1. The first-order valence-corrected chi connectivity index (χ1v) is 14.1. The molecule has 5 heterocycles. The molecule has 3 fully saturated rings. The summed E-state index contributed by atoms with van der Waals surface area (Å²) in [6, 6.07) is 4.18. The Labute approximate surface area is 241 Å². The number of piperidine rings is 1. The van der Waals surface area contributed by atoms with Gasteiger partial charge in [-0.15, -0.1) is 0 Å². The van der Waals surface area contributed by atoms with Gasteiger partial charge in [-0.25, -0.2) is 13.8 Å². The quantitative estimate of drug-likeness (QED) is 0.255. The molecule has 2 aromatic heterocycles. The Hall–Kier alpha value is -2.04. The van der Waals surface area contributed by atoms with E-state index in [1.807, 2.05) is 7.05 Å². The van der Waals surface area contributed by atoms with Crippen LogP contribution in [0.25, 0.3) is 11.2 Å². The first kappa shape index (κ1) is 27.1. The molecule has 3 N–H and O–H groups in total.